The second-order valence-corrected chi connectivity index (χ2v) is 7.68. The van der Waals surface area contributed by atoms with E-state index in [0.717, 1.165) is 35.9 Å². The van der Waals surface area contributed by atoms with Gasteiger partial charge in [-0.3, -0.25) is 19.3 Å². The predicted octanol–water partition coefficient (Wildman–Crippen LogP) is 3.31. The van der Waals surface area contributed by atoms with Crippen molar-refractivity contribution >= 4 is 34.9 Å². The lowest BCUT2D eigenvalue weighted by atomic mass is 10.1. The minimum absolute atomic E-state index is 0.190. The number of thioether (sulfide) groups is 1. The minimum atomic E-state index is -0.470. The number of benzene rings is 1. The van der Waals surface area contributed by atoms with E-state index >= 15 is 0 Å². The maximum atomic E-state index is 12.8. The minimum Gasteiger partial charge on any atom is -0.493 e. The number of rotatable bonds is 7. The summed E-state index contributed by atoms with van der Waals surface area (Å²) in [5.41, 5.74) is 0.610. The highest BCUT2D eigenvalue weighted by molar-refractivity contribution is 8.18. The molecule has 29 heavy (non-hydrogen) atoms. The lowest BCUT2D eigenvalue weighted by Crippen LogP contribution is -2.44. The summed E-state index contributed by atoms with van der Waals surface area (Å²) in [4.78, 5) is 40.6. The summed E-state index contributed by atoms with van der Waals surface area (Å²) in [6.45, 7) is 5.04. The third-order valence-electron chi connectivity index (χ3n) is 4.74. The molecule has 3 rings (SSSR count). The Morgan fingerprint density at radius 2 is 2.00 bits per heavy atom. The number of amides is 3. The third kappa shape index (κ3) is 4.82. The van der Waals surface area contributed by atoms with Crippen molar-refractivity contribution in [1.29, 1.82) is 0 Å². The Kier molecular flexibility index (Phi) is 6.98. The van der Waals surface area contributed by atoms with Gasteiger partial charge in [0.2, 0.25) is 5.91 Å². The van der Waals surface area contributed by atoms with Crippen molar-refractivity contribution in [1.82, 2.24) is 9.80 Å². The zero-order chi connectivity index (χ0) is 20.8. The van der Waals surface area contributed by atoms with Crippen LogP contribution in [0.4, 0.5) is 4.79 Å². The fourth-order valence-electron chi connectivity index (χ4n) is 3.26. The zero-order valence-corrected chi connectivity index (χ0v) is 17.2. The highest BCUT2D eigenvalue weighted by Crippen LogP contribution is 2.37. The van der Waals surface area contributed by atoms with Crippen LogP contribution in [0.5, 0.6) is 11.5 Å². The maximum absolute atomic E-state index is 12.8. The van der Waals surface area contributed by atoms with E-state index in [2.05, 4.69) is 6.58 Å². The van der Waals surface area contributed by atoms with Crippen LogP contribution in [0, 0.1) is 0 Å². The average Bonchev–Trinajstić information content (AvgIpc) is 3.00. The van der Waals surface area contributed by atoms with Gasteiger partial charge in [-0.2, -0.15) is 0 Å². The molecule has 0 unspecified atom stereocenters. The lowest BCUT2D eigenvalue weighted by molar-refractivity contribution is -0.136. The largest absolute Gasteiger partial charge is 0.493 e. The molecule has 0 aromatic heterocycles. The van der Waals surface area contributed by atoms with Crippen molar-refractivity contribution in [2.45, 2.75) is 19.3 Å². The average molecular weight is 416 g/mol. The molecule has 0 N–H and O–H groups in total. The summed E-state index contributed by atoms with van der Waals surface area (Å²) < 4.78 is 11.0. The molecule has 0 aliphatic carbocycles. The highest BCUT2D eigenvalue weighted by Gasteiger charge is 2.37. The maximum Gasteiger partial charge on any atom is 0.294 e. The molecule has 3 amide bonds. The predicted molar refractivity (Wildman–Crippen MR) is 112 cm³/mol. The van der Waals surface area contributed by atoms with Crippen molar-refractivity contribution < 1.29 is 23.9 Å². The van der Waals surface area contributed by atoms with Gasteiger partial charge in [-0.1, -0.05) is 24.8 Å². The fraction of sp³-hybridized carbons (Fsp3) is 0.381. The van der Waals surface area contributed by atoms with Crippen LogP contribution in [0.2, 0.25) is 0 Å². The first-order valence-corrected chi connectivity index (χ1v) is 10.3. The quantitative estimate of drug-likeness (QED) is 0.501. The first-order valence-electron chi connectivity index (χ1n) is 9.49. The van der Waals surface area contributed by atoms with Crippen molar-refractivity contribution in [3.63, 3.8) is 0 Å². The molecule has 2 heterocycles. The van der Waals surface area contributed by atoms with Crippen molar-refractivity contribution in [3.8, 4) is 11.5 Å². The van der Waals surface area contributed by atoms with E-state index < -0.39 is 11.1 Å². The van der Waals surface area contributed by atoms with Gasteiger partial charge >= 0.3 is 0 Å². The van der Waals surface area contributed by atoms with E-state index in [9.17, 15) is 14.4 Å². The highest BCUT2D eigenvalue weighted by atomic mass is 32.2. The summed E-state index contributed by atoms with van der Waals surface area (Å²) in [5, 5.41) is -0.442. The molecule has 8 heteroatoms. The smallest absolute Gasteiger partial charge is 0.294 e. The number of imide groups is 1. The van der Waals surface area contributed by atoms with Crippen LogP contribution < -0.4 is 9.47 Å². The Morgan fingerprint density at radius 3 is 2.69 bits per heavy atom. The Hall–Kier alpha value is -2.74. The van der Waals surface area contributed by atoms with Gasteiger partial charge in [-0.05, 0) is 43.2 Å². The van der Waals surface area contributed by atoms with Gasteiger partial charge in [-0.15, -0.1) is 0 Å². The fourth-order valence-corrected chi connectivity index (χ4v) is 4.09. The second-order valence-electron chi connectivity index (χ2n) is 6.69. The van der Waals surface area contributed by atoms with E-state index in [4.69, 9.17) is 9.47 Å². The number of ether oxygens (including phenoxy) is 2. The van der Waals surface area contributed by atoms with E-state index in [-0.39, 0.29) is 24.0 Å². The summed E-state index contributed by atoms with van der Waals surface area (Å²) in [6, 6.07) is 5.29. The van der Waals surface area contributed by atoms with Crippen molar-refractivity contribution in [3.05, 3.63) is 41.3 Å². The number of hydrogen-bond acceptors (Lipinski definition) is 6. The molecule has 2 aliphatic rings. The van der Waals surface area contributed by atoms with Crippen molar-refractivity contribution in [2.24, 2.45) is 0 Å². The van der Waals surface area contributed by atoms with Crippen LogP contribution in [-0.2, 0) is 9.59 Å². The number of carbonyl (C=O) groups excluding carboxylic acids is 3. The SMILES string of the molecule is C=CCOc1c(/C=C2\SC(=O)N(CC(=O)N3CCCCC3)C2=O)cccc1OC. The van der Waals surface area contributed by atoms with Gasteiger partial charge in [0.25, 0.3) is 11.1 Å². The molecule has 154 valence electrons. The number of hydrogen-bond donors (Lipinski definition) is 0. The molecule has 0 spiro atoms. The Labute approximate surface area is 174 Å². The standard InChI is InChI=1S/C21H24N2O5S/c1-3-12-28-19-15(8-7-9-16(19)27-2)13-17-20(25)23(21(26)29-17)14-18(24)22-10-5-4-6-11-22/h3,7-9,13H,1,4-6,10-12,14H2,2H3/b17-13-. The summed E-state index contributed by atoms with van der Waals surface area (Å²) in [6.07, 6.45) is 6.21. The topological polar surface area (TPSA) is 76.2 Å². The van der Waals surface area contributed by atoms with E-state index in [0.29, 0.717) is 30.2 Å². The lowest BCUT2D eigenvalue weighted by Gasteiger charge is -2.27. The third-order valence-corrected chi connectivity index (χ3v) is 5.64. The van der Waals surface area contributed by atoms with Crippen molar-refractivity contribution in [2.75, 3.05) is 33.4 Å². The van der Waals surface area contributed by atoms with Gasteiger partial charge in [-0.25, -0.2) is 0 Å². The first-order chi connectivity index (χ1) is 14.0. The molecule has 0 radical (unpaired) electrons. The molecular weight excluding hydrogens is 392 g/mol. The van der Waals surface area contributed by atoms with Crippen LogP contribution in [-0.4, -0.2) is 60.2 Å². The van der Waals surface area contributed by atoms with Crippen LogP contribution in [0.3, 0.4) is 0 Å². The van der Waals surface area contributed by atoms with E-state index in [1.165, 1.54) is 7.11 Å². The molecule has 1 aromatic carbocycles. The van der Waals surface area contributed by atoms with Gasteiger partial charge in [0.05, 0.1) is 12.0 Å². The number of carbonyl (C=O) groups is 3. The molecule has 7 nitrogen and oxygen atoms in total. The van der Waals surface area contributed by atoms with Gasteiger partial charge < -0.3 is 14.4 Å². The molecule has 1 aromatic rings. The molecule has 2 fully saturated rings. The molecule has 2 saturated heterocycles. The van der Waals surface area contributed by atoms with Crippen LogP contribution in [0.1, 0.15) is 24.8 Å². The molecule has 0 atom stereocenters. The number of nitrogens with zero attached hydrogens (tertiary/aromatic N) is 2. The van der Waals surface area contributed by atoms with Crippen LogP contribution in [0.25, 0.3) is 6.08 Å². The monoisotopic (exact) mass is 416 g/mol. The van der Waals surface area contributed by atoms with E-state index in [1.807, 2.05) is 0 Å². The second kappa shape index (κ2) is 9.65. The summed E-state index contributed by atoms with van der Waals surface area (Å²) in [5.74, 6) is 0.318. The first kappa shape index (κ1) is 21.0. The molecule has 0 saturated carbocycles. The number of likely N-dealkylation sites (tertiary alicyclic amines) is 1. The van der Waals surface area contributed by atoms with Gasteiger partial charge in [0.1, 0.15) is 13.2 Å². The normalized spacial score (nSPS) is 18.3. The Bertz CT molecular complexity index is 845. The number of piperidine rings is 1. The number of para-hydroxylation sites is 1. The summed E-state index contributed by atoms with van der Waals surface area (Å²) in [7, 11) is 1.53. The Balaban J connectivity index is 1.79. The zero-order valence-electron chi connectivity index (χ0n) is 16.4. The summed E-state index contributed by atoms with van der Waals surface area (Å²) >= 11 is 0.823. The van der Waals surface area contributed by atoms with Crippen LogP contribution >= 0.6 is 11.8 Å². The molecular formula is C21H24N2O5S. The van der Waals surface area contributed by atoms with Gasteiger partial charge in [0.15, 0.2) is 11.5 Å². The van der Waals surface area contributed by atoms with Gasteiger partial charge in [0, 0.05) is 18.7 Å². The van der Waals surface area contributed by atoms with E-state index in [1.54, 1.807) is 35.3 Å². The molecule has 0 bridgehead atoms. The number of methoxy groups -OCH3 is 1. The Morgan fingerprint density at radius 1 is 1.24 bits per heavy atom. The molecule has 2 aliphatic heterocycles. The van der Waals surface area contributed by atoms with Crippen LogP contribution in [0.15, 0.2) is 35.8 Å².